The second-order valence-electron chi connectivity index (χ2n) is 10.9. The highest BCUT2D eigenvalue weighted by molar-refractivity contribution is 7.13. The summed E-state index contributed by atoms with van der Waals surface area (Å²) in [4.78, 5) is 45.2. The molecule has 0 aliphatic carbocycles. The summed E-state index contributed by atoms with van der Waals surface area (Å²) in [6.45, 7) is 13.0. The first-order chi connectivity index (χ1) is 17.3. The van der Waals surface area contributed by atoms with Crippen molar-refractivity contribution in [2.75, 3.05) is 6.54 Å². The molecule has 9 nitrogen and oxygen atoms in total. The molecule has 1 aromatic heterocycles. The molecule has 1 fully saturated rings. The summed E-state index contributed by atoms with van der Waals surface area (Å²) in [5.74, 6) is -0.409. The molecule has 0 spiro atoms. The van der Waals surface area contributed by atoms with Gasteiger partial charge in [-0.25, -0.2) is 4.98 Å². The summed E-state index contributed by atoms with van der Waals surface area (Å²) < 4.78 is 6.05. The Hall–Kier alpha value is -2.98. The molecule has 3 N–H and O–H groups in total. The number of hydrogen-bond donors (Lipinski definition) is 3. The molecule has 37 heavy (non-hydrogen) atoms. The molecule has 10 heteroatoms. The van der Waals surface area contributed by atoms with Crippen molar-refractivity contribution >= 4 is 29.1 Å². The zero-order chi connectivity index (χ0) is 27.5. The van der Waals surface area contributed by atoms with Crippen LogP contribution in [0.5, 0.6) is 5.75 Å². The molecule has 1 unspecified atom stereocenters. The second kappa shape index (κ2) is 11.6. The summed E-state index contributed by atoms with van der Waals surface area (Å²) in [6, 6.07) is 4.20. The number of ether oxygens (including phenoxy) is 1. The Bertz CT molecular complexity index is 1140. The first-order valence-corrected chi connectivity index (χ1v) is 13.4. The molecule has 1 aromatic carbocycles. The molecule has 3 rings (SSSR count). The highest BCUT2D eigenvalue weighted by atomic mass is 32.1. The number of hydrogen-bond acceptors (Lipinski definition) is 7. The smallest absolute Gasteiger partial charge is 0.246 e. The van der Waals surface area contributed by atoms with E-state index in [2.05, 4.69) is 15.6 Å². The molecule has 1 aliphatic heterocycles. The van der Waals surface area contributed by atoms with E-state index in [1.165, 1.54) is 11.8 Å². The summed E-state index contributed by atoms with van der Waals surface area (Å²) in [6.07, 6.45) is -0.749. The van der Waals surface area contributed by atoms with Crippen LogP contribution in [0.25, 0.3) is 10.4 Å². The van der Waals surface area contributed by atoms with E-state index in [0.717, 1.165) is 21.7 Å². The topological polar surface area (TPSA) is 121 Å². The fourth-order valence-electron chi connectivity index (χ4n) is 4.41. The van der Waals surface area contributed by atoms with Crippen molar-refractivity contribution < 1.29 is 24.2 Å². The minimum Gasteiger partial charge on any atom is -0.491 e. The van der Waals surface area contributed by atoms with Crippen LogP contribution in [0.15, 0.2) is 23.7 Å². The Kier molecular flexibility index (Phi) is 8.96. The van der Waals surface area contributed by atoms with Crippen molar-refractivity contribution in [1.29, 1.82) is 0 Å². The van der Waals surface area contributed by atoms with E-state index < -0.39 is 23.6 Å². The number of β-amino-alcohol motifs (C(OH)–C–C–N with tert-alkyl or cyclic N) is 1. The third-order valence-corrected chi connectivity index (χ3v) is 7.19. The fourth-order valence-corrected chi connectivity index (χ4v) is 5.21. The number of rotatable bonds is 8. The van der Waals surface area contributed by atoms with Gasteiger partial charge in [0, 0.05) is 32.0 Å². The standard InChI is InChI=1S/C27H38N4O5S/c1-15(2)36-22-10-18(23-16(3)29-14-37-23)8-9-19(22)12-28-25(34)21-11-20(33)13-31(21)26(35)24(27(5,6)7)30-17(4)32/h8-10,14-15,20-21,24,33H,11-13H2,1-7H3,(H,28,34)(H,30,32)/t20-,21?,24-/m1/s1. The number of aliphatic hydroxyl groups excluding tert-OH is 1. The van der Waals surface area contributed by atoms with Crippen molar-refractivity contribution in [2.24, 2.45) is 5.41 Å². The van der Waals surface area contributed by atoms with Crippen LogP contribution >= 0.6 is 11.3 Å². The summed E-state index contributed by atoms with van der Waals surface area (Å²) in [5, 5.41) is 16.0. The van der Waals surface area contributed by atoms with Gasteiger partial charge < -0.3 is 25.4 Å². The van der Waals surface area contributed by atoms with Crippen molar-refractivity contribution in [3.8, 4) is 16.2 Å². The second-order valence-corrected chi connectivity index (χ2v) is 11.7. The average Bonchev–Trinajstić information content (AvgIpc) is 3.40. The predicted molar refractivity (Wildman–Crippen MR) is 143 cm³/mol. The van der Waals surface area contributed by atoms with Crippen molar-refractivity contribution in [1.82, 2.24) is 20.5 Å². The van der Waals surface area contributed by atoms with Crippen LogP contribution in [0.2, 0.25) is 0 Å². The SMILES string of the molecule is CC(=O)N[C@H](C(=O)N1C[C@H](O)CC1C(=O)NCc1ccc(-c2scnc2C)cc1OC(C)C)C(C)(C)C. The van der Waals surface area contributed by atoms with Gasteiger partial charge >= 0.3 is 0 Å². The fraction of sp³-hybridized carbons (Fsp3) is 0.556. The number of aliphatic hydroxyl groups is 1. The van der Waals surface area contributed by atoms with E-state index >= 15 is 0 Å². The maximum Gasteiger partial charge on any atom is 0.246 e. The zero-order valence-corrected chi connectivity index (χ0v) is 23.4. The Labute approximate surface area is 222 Å². The number of aryl methyl sites for hydroxylation is 1. The van der Waals surface area contributed by atoms with Gasteiger partial charge in [-0.05, 0) is 37.8 Å². The van der Waals surface area contributed by atoms with Gasteiger partial charge in [-0.3, -0.25) is 14.4 Å². The molecule has 3 atom stereocenters. The van der Waals surface area contributed by atoms with Crippen LogP contribution < -0.4 is 15.4 Å². The quantitative estimate of drug-likeness (QED) is 0.483. The number of thiazole rings is 1. The van der Waals surface area contributed by atoms with Gasteiger partial charge in [-0.15, -0.1) is 11.3 Å². The third kappa shape index (κ3) is 7.07. The summed E-state index contributed by atoms with van der Waals surface area (Å²) in [5.41, 5.74) is 3.97. The first kappa shape index (κ1) is 28.6. The highest BCUT2D eigenvalue weighted by Crippen LogP contribution is 2.33. The Balaban J connectivity index is 1.78. The first-order valence-electron chi connectivity index (χ1n) is 12.5. The minimum absolute atomic E-state index is 0.0354. The van der Waals surface area contributed by atoms with Crippen molar-refractivity contribution in [2.45, 2.75) is 85.7 Å². The Morgan fingerprint density at radius 3 is 2.54 bits per heavy atom. The van der Waals surface area contributed by atoms with Crippen LogP contribution in [0.4, 0.5) is 0 Å². The molecule has 0 radical (unpaired) electrons. The zero-order valence-electron chi connectivity index (χ0n) is 22.6. The lowest BCUT2D eigenvalue weighted by Crippen LogP contribution is -2.57. The van der Waals surface area contributed by atoms with Crippen LogP contribution in [0.3, 0.4) is 0 Å². The highest BCUT2D eigenvalue weighted by Gasteiger charge is 2.44. The van der Waals surface area contributed by atoms with Crippen LogP contribution in [-0.2, 0) is 20.9 Å². The van der Waals surface area contributed by atoms with Crippen molar-refractivity contribution in [3.63, 3.8) is 0 Å². The van der Waals surface area contributed by atoms with Gasteiger partial charge in [0.05, 0.1) is 28.3 Å². The number of benzene rings is 1. The molecule has 2 heterocycles. The maximum absolute atomic E-state index is 13.4. The average molecular weight is 531 g/mol. The van der Waals surface area contributed by atoms with Crippen molar-refractivity contribution in [3.05, 3.63) is 35.0 Å². The number of amides is 3. The number of carbonyl (C=O) groups is 3. The van der Waals surface area contributed by atoms with Crippen LogP contribution in [0, 0.1) is 12.3 Å². The molecule has 0 bridgehead atoms. The number of likely N-dealkylation sites (tertiary alicyclic amines) is 1. The van der Waals surface area contributed by atoms with E-state index in [0.29, 0.717) is 5.75 Å². The summed E-state index contributed by atoms with van der Waals surface area (Å²) >= 11 is 1.56. The normalized spacial score (nSPS) is 18.6. The molecule has 202 valence electrons. The molecular formula is C27H38N4O5S. The van der Waals surface area contributed by atoms with E-state index in [-0.39, 0.29) is 43.3 Å². The lowest BCUT2D eigenvalue weighted by Gasteiger charge is -2.35. The molecule has 0 saturated carbocycles. The lowest BCUT2D eigenvalue weighted by molar-refractivity contribution is -0.143. The molecule has 1 aliphatic rings. The molecule has 2 aromatic rings. The molecular weight excluding hydrogens is 492 g/mol. The van der Waals surface area contributed by atoms with Gasteiger partial charge in [0.15, 0.2) is 0 Å². The van der Waals surface area contributed by atoms with Crippen LogP contribution in [-0.4, -0.2) is 63.5 Å². The Morgan fingerprint density at radius 2 is 1.97 bits per heavy atom. The number of aromatic nitrogens is 1. The number of carbonyl (C=O) groups excluding carboxylic acids is 3. The Morgan fingerprint density at radius 1 is 1.27 bits per heavy atom. The third-order valence-electron chi connectivity index (χ3n) is 6.22. The monoisotopic (exact) mass is 530 g/mol. The predicted octanol–water partition coefficient (Wildman–Crippen LogP) is 3.03. The van der Waals surface area contributed by atoms with Gasteiger partial charge in [0.2, 0.25) is 17.7 Å². The number of nitrogens with zero attached hydrogens (tertiary/aromatic N) is 2. The van der Waals surface area contributed by atoms with E-state index in [4.69, 9.17) is 4.74 Å². The maximum atomic E-state index is 13.4. The largest absolute Gasteiger partial charge is 0.491 e. The van der Waals surface area contributed by atoms with Gasteiger partial charge in [-0.2, -0.15) is 0 Å². The lowest BCUT2D eigenvalue weighted by atomic mass is 9.85. The minimum atomic E-state index is -0.838. The molecule has 3 amide bonds. The van der Waals surface area contributed by atoms with E-state index in [1.54, 1.807) is 16.8 Å². The van der Waals surface area contributed by atoms with Crippen LogP contribution in [0.1, 0.15) is 59.2 Å². The number of nitrogens with one attached hydrogen (secondary N) is 2. The van der Waals surface area contributed by atoms with E-state index in [9.17, 15) is 19.5 Å². The van der Waals surface area contributed by atoms with Gasteiger partial charge in [-0.1, -0.05) is 32.9 Å². The van der Waals surface area contributed by atoms with Gasteiger partial charge in [0.1, 0.15) is 17.8 Å². The van der Waals surface area contributed by atoms with E-state index in [1.807, 2.05) is 59.7 Å². The molecule has 1 saturated heterocycles. The van der Waals surface area contributed by atoms with Gasteiger partial charge in [0.25, 0.3) is 0 Å². The summed E-state index contributed by atoms with van der Waals surface area (Å²) in [7, 11) is 0.